The number of sulfonamides is 1. The summed E-state index contributed by atoms with van der Waals surface area (Å²) < 4.78 is 27.8. The van der Waals surface area contributed by atoms with E-state index >= 15 is 0 Å². The molecule has 0 aromatic heterocycles. The van der Waals surface area contributed by atoms with Crippen LogP contribution < -0.4 is 10.5 Å². The number of benzene rings is 2. The number of primary sulfonamides is 1. The number of esters is 1. The monoisotopic (exact) mass is 408 g/mol. The molecule has 2 aromatic carbocycles. The lowest BCUT2D eigenvalue weighted by molar-refractivity contribution is -0.150. The third-order valence-electron chi connectivity index (χ3n) is 3.49. The van der Waals surface area contributed by atoms with Gasteiger partial charge in [0.2, 0.25) is 10.0 Å². The summed E-state index contributed by atoms with van der Waals surface area (Å²) in [4.78, 5) is 24.9. The zero-order chi connectivity index (χ0) is 20.0. The Morgan fingerprint density at radius 1 is 1.19 bits per heavy atom. The van der Waals surface area contributed by atoms with Crippen LogP contribution in [0.25, 0.3) is 0 Å². The molecule has 0 radical (unpaired) electrons. The fourth-order valence-corrected chi connectivity index (χ4v) is 3.30. The first-order chi connectivity index (χ1) is 12.6. The Labute approximate surface area is 162 Å². The number of amides is 1. The van der Waals surface area contributed by atoms with Gasteiger partial charge in [-0.3, -0.25) is 9.59 Å². The van der Waals surface area contributed by atoms with Gasteiger partial charge in [-0.25, -0.2) is 13.6 Å². The summed E-state index contributed by atoms with van der Waals surface area (Å²) in [5, 5.41) is 7.56. The van der Waals surface area contributed by atoms with Crippen molar-refractivity contribution in [2.75, 3.05) is 11.1 Å². The molecule has 3 N–H and O–H groups in total. The van der Waals surface area contributed by atoms with Crippen LogP contribution in [0.5, 0.6) is 0 Å². The van der Waals surface area contributed by atoms with Crippen LogP contribution in [0, 0.1) is 6.92 Å². The van der Waals surface area contributed by atoms with E-state index in [-0.39, 0.29) is 16.3 Å². The molecule has 2 aromatic rings. The molecule has 0 saturated carbocycles. The van der Waals surface area contributed by atoms with Gasteiger partial charge in [-0.2, -0.15) is 0 Å². The van der Waals surface area contributed by atoms with Crippen LogP contribution >= 0.6 is 11.8 Å². The molecule has 0 fully saturated rings. The summed E-state index contributed by atoms with van der Waals surface area (Å²) in [6.07, 6.45) is -1.03. The number of ether oxygens (including phenoxy) is 1. The lowest BCUT2D eigenvalue weighted by Crippen LogP contribution is -2.30. The molecule has 1 amide bonds. The highest BCUT2D eigenvalue weighted by Crippen LogP contribution is 2.19. The first kappa shape index (κ1) is 20.9. The van der Waals surface area contributed by atoms with Gasteiger partial charge >= 0.3 is 5.97 Å². The summed E-state index contributed by atoms with van der Waals surface area (Å²) in [7, 11) is -3.88. The molecule has 7 nitrogen and oxygen atoms in total. The maximum absolute atomic E-state index is 12.1. The summed E-state index contributed by atoms with van der Waals surface area (Å²) in [6.45, 7) is 3.41. The summed E-state index contributed by atoms with van der Waals surface area (Å²) in [5.74, 6) is -1.03. The van der Waals surface area contributed by atoms with Gasteiger partial charge in [-0.15, -0.1) is 11.8 Å². The van der Waals surface area contributed by atoms with Gasteiger partial charge in [0.1, 0.15) is 0 Å². The third kappa shape index (κ3) is 6.70. The van der Waals surface area contributed by atoms with Crippen LogP contribution in [0.2, 0.25) is 0 Å². The predicted molar refractivity (Wildman–Crippen MR) is 104 cm³/mol. The first-order valence-corrected chi connectivity index (χ1v) is 10.5. The van der Waals surface area contributed by atoms with E-state index in [2.05, 4.69) is 5.32 Å². The minimum atomic E-state index is -3.88. The molecular weight excluding hydrogens is 388 g/mol. The lowest BCUT2D eigenvalue weighted by atomic mass is 10.2. The molecule has 0 bridgehead atoms. The normalized spacial score (nSPS) is 12.3. The number of hydrogen-bond donors (Lipinski definition) is 2. The van der Waals surface area contributed by atoms with Crippen molar-refractivity contribution in [3.8, 4) is 0 Å². The van der Waals surface area contributed by atoms with Crippen molar-refractivity contribution in [1.29, 1.82) is 0 Å². The number of thioether (sulfide) groups is 1. The van der Waals surface area contributed by atoms with Gasteiger partial charge in [0, 0.05) is 10.6 Å². The third-order valence-corrected chi connectivity index (χ3v) is 5.38. The molecule has 0 unspecified atom stereocenters. The Morgan fingerprint density at radius 3 is 2.48 bits per heavy atom. The predicted octanol–water partition coefficient (Wildman–Crippen LogP) is 2.30. The van der Waals surface area contributed by atoms with Gasteiger partial charge in [0.05, 0.1) is 10.6 Å². The molecule has 0 saturated heterocycles. The molecule has 0 aliphatic carbocycles. The number of nitrogens with one attached hydrogen (secondary N) is 1. The van der Waals surface area contributed by atoms with E-state index < -0.39 is 28.0 Å². The summed E-state index contributed by atoms with van der Waals surface area (Å²) in [6, 6.07) is 13.2. The highest BCUT2D eigenvalue weighted by molar-refractivity contribution is 8.00. The molecule has 0 aliphatic rings. The second-order valence-electron chi connectivity index (χ2n) is 5.80. The van der Waals surface area contributed by atoms with Gasteiger partial charge in [-0.1, -0.05) is 23.8 Å². The van der Waals surface area contributed by atoms with E-state index in [1.165, 1.54) is 43.0 Å². The van der Waals surface area contributed by atoms with Crippen LogP contribution in [0.4, 0.5) is 5.69 Å². The van der Waals surface area contributed by atoms with Crippen molar-refractivity contribution in [2.45, 2.75) is 29.7 Å². The standard InChI is InChI=1S/C18H20N2O5S2/c1-12-6-8-15(9-7-12)26-11-17(21)25-13(2)18(22)20-14-4-3-5-16(10-14)27(19,23)24/h3-10,13H,11H2,1-2H3,(H,20,22)(H2,19,23,24)/t13-/m1/s1. The number of aryl methyl sites for hydroxylation is 1. The topological polar surface area (TPSA) is 116 Å². The second-order valence-corrected chi connectivity index (χ2v) is 8.41. The molecule has 2 rings (SSSR count). The first-order valence-electron chi connectivity index (χ1n) is 7.98. The number of carbonyl (C=O) groups excluding carboxylic acids is 2. The fraction of sp³-hybridized carbons (Fsp3) is 0.222. The molecule has 144 valence electrons. The maximum atomic E-state index is 12.1. The molecule has 1 atom stereocenters. The van der Waals surface area contributed by atoms with Gasteiger partial charge in [0.25, 0.3) is 5.91 Å². The van der Waals surface area contributed by atoms with E-state index in [1.807, 2.05) is 31.2 Å². The molecule has 0 heterocycles. The van der Waals surface area contributed by atoms with E-state index in [9.17, 15) is 18.0 Å². The highest BCUT2D eigenvalue weighted by Gasteiger charge is 2.19. The molecule has 27 heavy (non-hydrogen) atoms. The number of rotatable bonds is 7. The summed E-state index contributed by atoms with van der Waals surface area (Å²) in [5.41, 5.74) is 1.36. The number of nitrogens with two attached hydrogens (primary N) is 1. The lowest BCUT2D eigenvalue weighted by Gasteiger charge is -2.14. The van der Waals surface area contributed by atoms with Crippen molar-refractivity contribution in [1.82, 2.24) is 0 Å². The largest absolute Gasteiger partial charge is 0.452 e. The number of carbonyl (C=O) groups is 2. The zero-order valence-corrected chi connectivity index (χ0v) is 16.5. The quantitative estimate of drug-likeness (QED) is 0.536. The van der Waals surface area contributed by atoms with E-state index in [4.69, 9.17) is 9.88 Å². The summed E-state index contributed by atoms with van der Waals surface area (Å²) >= 11 is 1.31. The minimum absolute atomic E-state index is 0.0710. The molecule has 0 aliphatic heterocycles. The van der Waals surface area contributed by atoms with Crippen LogP contribution in [0.15, 0.2) is 58.3 Å². The van der Waals surface area contributed by atoms with E-state index in [0.29, 0.717) is 0 Å². The SMILES string of the molecule is Cc1ccc(SCC(=O)O[C@H](C)C(=O)Nc2cccc(S(N)(=O)=O)c2)cc1. The number of anilines is 1. The Morgan fingerprint density at radius 2 is 1.85 bits per heavy atom. The Hall–Kier alpha value is -2.36. The minimum Gasteiger partial charge on any atom is -0.452 e. The van der Waals surface area contributed by atoms with Crippen LogP contribution in [0.1, 0.15) is 12.5 Å². The average Bonchev–Trinajstić information content (AvgIpc) is 2.60. The van der Waals surface area contributed by atoms with Crippen molar-refractivity contribution < 1.29 is 22.7 Å². The second kappa shape index (κ2) is 9.03. The van der Waals surface area contributed by atoms with Crippen molar-refractivity contribution in [3.05, 3.63) is 54.1 Å². The van der Waals surface area contributed by atoms with Gasteiger partial charge < -0.3 is 10.1 Å². The van der Waals surface area contributed by atoms with Crippen LogP contribution in [-0.2, 0) is 24.3 Å². The molecule has 0 spiro atoms. The zero-order valence-electron chi connectivity index (χ0n) is 14.8. The van der Waals surface area contributed by atoms with Gasteiger partial charge in [0.15, 0.2) is 6.10 Å². The van der Waals surface area contributed by atoms with E-state index in [1.54, 1.807) is 0 Å². The Kier molecular flexibility index (Phi) is 7.00. The Bertz CT molecular complexity index is 927. The molecule has 9 heteroatoms. The average molecular weight is 409 g/mol. The van der Waals surface area contributed by atoms with Crippen LogP contribution in [-0.4, -0.2) is 32.2 Å². The van der Waals surface area contributed by atoms with Crippen molar-refractivity contribution in [3.63, 3.8) is 0 Å². The smallest absolute Gasteiger partial charge is 0.317 e. The van der Waals surface area contributed by atoms with Crippen molar-refractivity contribution >= 4 is 39.3 Å². The van der Waals surface area contributed by atoms with Gasteiger partial charge in [-0.05, 0) is 44.2 Å². The highest BCUT2D eigenvalue weighted by atomic mass is 32.2. The van der Waals surface area contributed by atoms with Crippen molar-refractivity contribution in [2.24, 2.45) is 5.14 Å². The van der Waals surface area contributed by atoms with E-state index in [0.717, 1.165) is 10.5 Å². The van der Waals surface area contributed by atoms with Crippen LogP contribution in [0.3, 0.4) is 0 Å². The number of hydrogen-bond acceptors (Lipinski definition) is 6. The Balaban J connectivity index is 1.87. The molecular formula is C18H20N2O5S2. The maximum Gasteiger partial charge on any atom is 0.317 e. The fourth-order valence-electron chi connectivity index (χ4n) is 2.06.